The fourth-order valence-electron chi connectivity index (χ4n) is 5.98. The summed E-state index contributed by atoms with van der Waals surface area (Å²) < 4.78 is 15.6. The number of phenolic OH excluding ortho intramolecular Hbond substituents is 1. The van der Waals surface area contributed by atoms with Crippen molar-refractivity contribution < 1.29 is 9.50 Å². The van der Waals surface area contributed by atoms with E-state index in [2.05, 4.69) is 37.2 Å². The van der Waals surface area contributed by atoms with E-state index in [0.717, 1.165) is 56.3 Å². The van der Waals surface area contributed by atoms with Gasteiger partial charge in [-0.05, 0) is 62.0 Å². The first-order chi connectivity index (χ1) is 16.9. The first-order valence-electron chi connectivity index (χ1n) is 12.1. The van der Waals surface area contributed by atoms with Gasteiger partial charge in [0.15, 0.2) is 0 Å². The average molecular weight is 492 g/mol. The van der Waals surface area contributed by atoms with Crippen LogP contribution in [0.15, 0.2) is 24.4 Å². The molecule has 1 N–H and O–H groups in total. The number of aromatic hydroxyl groups is 1. The molecule has 3 aliphatic rings. The lowest BCUT2D eigenvalue weighted by molar-refractivity contribution is 0.00923. The lowest BCUT2D eigenvalue weighted by Crippen LogP contribution is -2.54. The number of hydrogen-bond donors (Lipinski definition) is 1. The molecule has 4 atom stereocenters. The Morgan fingerprint density at radius 2 is 2.03 bits per heavy atom. The molecular weight excluding hydrogens is 465 g/mol. The van der Waals surface area contributed by atoms with Crippen LogP contribution in [-0.4, -0.2) is 48.7 Å². The van der Waals surface area contributed by atoms with Crippen LogP contribution in [0.4, 0.5) is 10.3 Å². The van der Waals surface area contributed by atoms with Gasteiger partial charge in [-0.2, -0.15) is 5.26 Å². The molecular formula is C25H26FN7OS. The zero-order valence-corrected chi connectivity index (χ0v) is 20.2. The maximum Gasteiger partial charge on any atom is 0.245 e. The highest BCUT2D eigenvalue weighted by molar-refractivity contribution is 7.15. The summed E-state index contributed by atoms with van der Waals surface area (Å²) in [5.74, 6) is 0.603. The predicted molar refractivity (Wildman–Crippen MR) is 129 cm³/mol. The van der Waals surface area contributed by atoms with Crippen LogP contribution in [0.25, 0.3) is 21.8 Å². The van der Waals surface area contributed by atoms with Crippen LogP contribution in [0, 0.1) is 22.7 Å². The van der Waals surface area contributed by atoms with Gasteiger partial charge in [0.2, 0.25) is 11.0 Å². The van der Waals surface area contributed by atoms with Crippen molar-refractivity contribution in [3.8, 4) is 33.6 Å². The van der Waals surface area contributed by atoms with E-state index in [4.69, 9.17) is 5.26 Å². The van der Waals surface area contributed by atoms with Gasteiger partial charge in [-0.15, -0.1) is 20.4 Å². The normalized spacial score (nSPS) is 27.9. The molecule has 2 heterocycles. The highest BCUT2D eigenvalue weighted by atomic mass is 32.1. The molecule has 0 amide bonds. The molecule has 3 saturated carbocycles. The molecule has 0 aliphatic heterocycles. The van der Waals surface area contributed by atoms with Crippen LogP contribution >= 0.6 is 11.3 Å². The second-order valence-corrected chi connectivity index (χ2v) is 11.4. The molecule has 8 nitrogen and oxygen atoms in total. The number of nitrogens with zero attached hydrogens (tertiary/aromatic N) is 7. The zero-order valence-electron chi connectivity index (χ0n) is 19.4. The van der Waals surface area contributed by atoms with Gasteiger partial charge in [0.05, 0.1) is 12.2 Å². The second kappa shape index (κ2) is 8.48. The molecule has 2 bridgehead atoms. The summed E-state index contributed by atoms with van der Waals surface area (Å²) in [5, 5.41) is 37.0. The average Bonchev–Trinajstić information content (AvgIpc) is 3.57. The molecule has 6 rings (SSSR count). The van der Waals surface area contributed by atoms with Crippen LogP contribution in [0.2, 0.25) is 0 Å². The standard InChI is InChI=1S/C25H26FN7OS/c1-25-8-2-3-15(10-25)22(26)19(11-25)33(16-5-6-16)24-28-13-18(29-32-24)17-7-4-14(9-20(17)34)23-31-30-21(12-27)35-23/h4,7,9,13,15-16,19,22,34H,2-3,5-6,8,10-11H2,1H3/t15-,19+,22-,25-/m0/s1. The molecule has 3 aromatic rings. The number of fused-ring (bicyclic) bond motifs is 2. The Hall–Kier alpha value is -3.19. The number of hydrogen-bond acceptors (Lipinski definition) is 9. The number of phenols is 1. The Kier molecular flexibility index (Phi) is 5.40. The molecule has 10 heteroatoms. The summed E-state index contributed by atoms with van der Waals surface area (Å²) in [6.45, 7) is 2.31. The van der Waals surface area contributed by atoms with Crippen LogP contribution in [0.5, 0.6) is 5.75 Å². The van der Waals surface area contributed by atoms with Crippen molar-refractivity contribution in [2.45, 2.75) is 70.1 Å². The third kappa shape index (κ3) is 4.12. The molecule has 3 aliphatic carbocycles. The Balaban J connectivity index is 1.26. The topological polar surface area (TPSA) is 112 Å². The van der Waals surface area contributed by atoms with Crippen LogP contribution < -0.4 is 4.90 Å². The minimum absolute atomic E-state index is 0.0101. The third-order valence-corrected chi connectivity index (χ3v) is 8.63. The Bertz CT molecular complexity index is 1290. The van der Waals surface area contributed by atoms with Gasteiger partial charge in [0.1, 0.15) is 28.7 Å². The van der Waals surface area contributed by atoms with E-state index in [0.29, 0.717) is 27.8 Å². The molecule has 180 valence electrons. The SMILES string of the molecule is C[C@]12CCC[C@@H](C1)[C@H](F)[C@H](N(c1ncc(-c3ccc(-c4nnc(C#N)s4)cc3O)nn1)C1CC1)C2. The summed E-state index contributed by atoms with van der Waals surface area (Å²) in [7, 11) is 0. The smallest absolute Gasteiger partial charge is 0.245 e. The number of anilines is 1. The number of benzene rings is 1. The van der Waals surface area contributed by atoms with Crippen molar-refractivity contribution >= 4 is 17.3 Å². The molecule has 2 aromatic heterocycles. The minimum Gasteiger partial charge on any atom is -0.507 e. The van der Waals surface area contributed by atoms with Gasteiger partial charge < -0.3 is 10.0 Å². The number of halogens is 1. The van der Waals surface area contributed by atoms with Crippen molar-refractivity contribution in [2.24, 2.45) is 11.3 Å². The van der Waals surface area contributed by atoms with Gasteiger partial charge in [-0.3, -0.25) is 0 Å². The van der Waals surface area contributed by atoms with E-state index >= 15 is 4.39 Å². The first-order valence-corrected chi connectivity index (χ1v) is 13.0. The van der Waals surface area contributed by atoms with E-state index in [-0.39, 0.29) is 34.2 Å². The van der Waals surface area contributed by atoms with Gasteiger partial charge in [0, 0.05) is 17.2 Å². The largest absolute Gasteiger partial charge is 0.507 e. The summed E-state index contributed by atoms with van der Waals surface area (Å²) in [6.07, 6.45) is 7.83. The van der Waals surface area contributed by atoms with Crippen LogP contribution in [0.3, 0.4) is 0 Å². The Labute approximate surface area is 206 Å². The number of aromatic nitrogens is 5. The Morgan fingerprint density at radius 1 is 1.17 bits per heavy atom. The van der Waals surface area contributed by atoms with Gasteiger partial charge in [-0.1, -0.05) is 30.7 Å². The molecule has 3 fully saturated rings. The van der Waals surface area contributed by atoms with Crippen molar-refractivity contribution in [1.29, 1.82) is 5.26 Å². The third-order valence-electron chi connectivity index (χ3n) is 7.75. The maximum absolute atomic E-state index is 15.6. The monoisotopic (exact) mass is 491 g/mol. The van der Waals surface area contributed by atoms with Crippen molar-refractivity contribution in [3.63, 3.8) is 0 Å². The molecule has 0 radical (unpaired) electrons. The van der Waals surface area contributed by atoms with Crippen LogP contribution in [0.1, 0.15) is 56.9 Å². The lowest BCUT2D eigenvalue weighted by atomic mass is 9.60. The molecule has 1 aromatic carbocycles. The predicted octanol–water partition coefficient (Wildman–Crippen LogP) is 4.91. The van der Waals surface area contributed by atoms with Gasteiger partial charge in [0.25, 0.3) is 0 Å². The van der Waals surface area contributed by atoms with E-state index in [1.165, 1.54) is 0 Å². The second-order valence-electron chi connectivity index (χ2n) is 10.4. The Morgan fingerprint density at radius 3 is 2.71 bits per heavy atom. The molecule has 0 saturated heterocycles. The summed E-state index contributed by atoms with van der Waals surface area (Å²) in [6, 6.07) is 7.10. The molecule has 0 unspecified atom stereocenters. The van der Waals surface area contributed by atoms with E-state index < -0.39 is 6.17 Å². The highest BCUT2D eigenvalue weighted by Crippen LogP contribution is 2.52. The number of nitriles is 1. The van der Waals surface area contributed by atoms with Crippen molar-refractivity contribution in [2.75, 3.05) is 4.90 Å². The molecule has 0 spiro atoms. The summed E-state index contributed by atoms with van der Waals surface area (Å²) >= 11 is 1.16. The highest BCUT2D eigenvalue weighted by Gasteiger charge is 2.51. The maximum atomic E-state index is 15.6. The molecule has 35 heavy (non-hydrogen) atoms. The summed E-state index contributed by atoms with van der Waals surface area (Å²) in [4.78, 5) is 6.70. The number of rotatable bonds is 5. The minimum atomic E-state index is -0.870. The lowest BCUT2D eigenvalue weighted by Gasteiger charge is -2.51. The van der Waals surface area contributed by atoms with Gasteiger partial charge >= 0.3 is 0 Å². The van der Waals surface area contributed by atoms with E-state index in [1.807, 2.05) is 6.07 Å². The number of alkyl halides is 1. The fraction of sp³-hybridized carbons (Fsp3) is 0.520. The van der Waals surface area contributed by atoms with Gasteiger partial charge in [-0.25, -0.2) is 9.37 Å². The van der Waals surface area contributed by atoms with E-state index in [1.54, 1.807) is 24.4 Å². The quantitative estimate of drug-likeness (QED) is 0.536. The first kappa shape index (κ1) is 22.3. The fourth-order valence-corrected chi connectivity index (χ4v) is 6.62. The van der Waals surface area contributed by atoms with Crippen molar-refractivity contribution in [1.82, 2.24) is 25.4 Å². The zero-order chi connectivity index (χ0) is 24.2. The van der Waals surface area contributed by atoms with Crippen molar-refractivity contribution in [3.05, 3.63) is 29.4 Å². The van der Waals surface area contributed by atoms with Crippen LogP contribution in [-0.2, 0) is 0 Å². The van der Waals surface area contributed by atoms with E-state index in [9.17, 15) is 5.11 Å². The summed E-state index contributed by atoms with van der Waals surface area (Å²) in [5.41, 5.74) is 1.78.